The van der Waals surface area contributed by atoms with Crippen LogP contribution in [-0.2, 0) is 11.3 Å². The largest absolute Gasteiger partial charge is 0.338 e. The van der Waals surface area contributed by atoms with Crippen LogP contribution >= 0.6 is 43.5 Å². The molecule has 4 rings (SSSR count). The van der Waals surface area contributed by atoms with E-state index < -0.39 is 0 Å². The molecular formula is C21H19Br2ClN4O2. The third-order valence-corrected chi connectivity index (χ3v) is 6.70. The van der Waals surface area contributed by atoms with Crippen LogP contribution in [0.3, 0.4) is 0 Å². The van der Waals surface area contributed by atoms with E-state index in [0.29, 0.717) is 35.5 Å². The second-order valence-corrected chi connectivity index (χ2v) is 9.39. The van der Waals surface area contributed by atoms with Crippen LogP contribution in [0, 0.1) is 5.92 Å². The molecule has 3 aromatic rings. The number of rotatable bonds is 5. The number of anilines is 1. The Hall–Kier alpha value is -1.74. The lowest BCUT2D eigenvalue weighted by molar-refractivity contribution is -0.121. The second kappa shape index (κ2) is 9.60. The van der Waals surface area contributed by atoms with Crippen molar-refractivity contribution < 1.29 is 9.32 Å². The fourth-order valence-electron chi connectivity index (χ4n) is 3.49. The molecule has 0 bridgehead atoms. The van der Waals surface area contributed by atoms with Gasteiger partial charge in [-0.1, -0.05) is 44.8 Å². The number of aromatic nitrogens is 2. The quantitative estimate of drug-likeness (QED) is 0.434. The highest BCUT2D eigenvalue weighted by molar-refractivity contribution is 9.10. The first-order chi connectivity index (χ1) is 14.5. The van der Waals surface area contributed by atoms with Crippen molar-refractivity contribution in [1.29, 1.82) is 0 Å². The Bertz CT molecular complexity index is 1060. The minimum absolute atomic E-state index is 0.00144. The first-order valence-electron chi connectivity index (χ1n) is 9.55. The molecule has 0 aliphatic carbocycles. The van der Waals surface area contributed by atoms with E-state index in [1.54, 1.807) is 6.07 Å². The Balaban J connectivity index is 1.37. The summed E-state index contributed by atoms with van der Waals surface area (Å²) in [6.07, 6.45) is 1.78. The summed E-state index contributed by atoms with van der Waals surface area (Å²) in [5, 5.41) is 7.62. The number of benzene rings is 2. The number of carbonyl (C=O) groups is 1. The number of hydrogen-bond acceptors (Lipinski definition) is 5. The summed E-state index contributed by atoms with van der Waals surface area (Å²) in [5.74, 6) is 1.00. The maximum Gasteiger partial charge on any atom is 0.241 e. The van der Waals surface area contributed by atoms with Crippen LogP contribution in [0.4, 0.5) is 5.69 Å². The number of amides is 1. The zero-order valence-electron chi connectivity index (χ0n) is 15.9. The molecule has 1 aliphatic heterocycles. The highest BCUT2D eigenvalue weighted by atomic mass is 79.9. The van der Waals surface area contributed by atoms with E-state index >= 15 is 0 Å². The van der Waals surface area contributed by atoms with Gasteiger partial charge in [0.2, 0.25) is 17.6 Å². The average molecular weight is 555 g/mol. The maximum atomic E-state index is 12.7. The van der Waals surface area contributed by atoms with Crippen LogP contribution in [0.2, 0.25) is 5.02 Å². The standard InChI is InChI=1S/C21H19Br2ClN4O2/c22-15-5-1-3-13(9-15)20-26-19(30-27-20)12-28-8-2-4-14(11-28)21(29)25-16-6-7-17(23)18(24)10-16/h1,3,5-7,9-10,14H,2,4,8,11-12H2,(H,25,29). The van der Waals surface area contributed by atoms with E-state index in [-0.39, 0.29) is 11.8 Å². The number of nitrogens with one attached hydrogen (secondary N) is 1. The molecule has 6 nitrogen and oxygen atoms in total. The molecule has 1 amide bonds. The number of piperidine rings is 1. The maximum absolute atomic E-state index is 12.7. The lowest BCUT2D eigenvalue weighted by Crippen LogP contribution is -2.40. The molecule has 1 aliphatic rings. The van der Waals surface area contributed by atoms with E-state index in [2.05, 4.69) is 52.2 Å². The predicted molar refractivity (Wildman–Crippen MR) is 123 cm³/mol. The minimum Gasteiger partial charge on any atom is -0.338 e. The number of hydrogen-bond donors (Lipinski definition) is 1. The molecule has 1 N–H and O–H groups in total. The summed E-state index contributed by atoms with van der Waals surface area (Å²) in [5.41, 5.74) is 1.59. The van der Waals surface area contributed by atoms with Gasteiger partial charge in [-0.05, 0) is 65.6 Å². The average Bonchev–Trinajstić information content (AvgIpc) is 3.19. The van der Waals surface area contributed by atoms with Crippen molar-refractivity contribution in [3.8, 4) is 11.4 Å². The van der Waals surface area contributed by atoms with Crippen molar-refractivity contribution in [2.24, 2.45) is 5.92 Å². The smallest absolute Gasteiger partial charge is 0.241 e. The molecule has 30 heavy (non-hydrogen) atoms. The predicted octanol–water partition coefficient (Wildman–Crippen LogP) is 5.77. The van der Waals surface area contributed by atoms with Gasteiger partial charge in [-0.15, -0.1) is 0 Å². The van der Waals surface area contributed by atoms with Crippen molar-refractivity contribution in [1.82, 2.24) is 15.0 Å². The van der Waals surface area contributed by atoms with Gasteiger partial charge in [0.15, 0.2) is 0 Å². The summed E-state index contributed by atoms with van der Waals surface area (Å²) >= 11 is 12.9. The normalized spacial score (nSPS) is 17.1. The molecule has 2 aromatic carbocycles. The van der Waals surface area contributed by atoms with Gasteiger partial charge in [0.05, 0.1) is 17.5 Å². The zero-order chi connectivity index (χ0) is 21.1. The van der Waals surface area contributed by atoms with Crippen LogP contribution in [0.25, 0.3) is 11.4 Å². The van der Waals surface area contributed by atoms with E-state index in [4.69, 9.17) is 16.1 Å². The molecular weight excluding hydrogens is 536 g/mol. The van der Waals surface area contributed by atoms with Crippen LogP contribution in [0.15, 0.2) is 55.9 Å². The van der Waals surface area contributed by atoms with Gasteiger partial charge in [0.1, 0.15) is 0 Å². The highest BCUT2D eigenvalue weighted by Gasteiger charge is 2.27. The number of carbonyl (C=O) groups excluding carboxylic acids is 1. The zero-order valence-corrected chi connectivity index (χ0v) is 19.9. The monoisotopic (exact) mass is 552 g/mol. The molecule has 9 heteroatoms. The van der Waals surface area contributed by atoms with E-state index in [0.717, 1.165) is 33.9 Å². The molecule has 1 unspecified atom stereocenters. The third-order valence-electron chi connectivity index (χ3n) is 4.97. The summed E-state index contributed by atoms with van der Waals surface area (Å²) in [7, 11) is 0. The van der Waals surface area contributed by atoms with Crippen LogP contribution in [0.5, 0.6) is 0 Å². The summed E-state index contributed by atoms with van der Waals surface area (Å²) in [6.45, 7) is 2.06. The third kappa shape index (κ3) is 5.29. The lowest BCUT2D eigenvalue weighted by Gasteiger charge is -2.30. The molecule has 1 saturated heterocycles. The lowest BCUT2D eigenvalue weighted by atomic mass is 9.97. The summed E-state index contributed by atoms with van der Waals surface area (Å²) in [4.78, 5) is 19.4. The topological polar surface area (TPSA) is 71.3 Å². The SMILES string of the molecule is O=C(Nc1ccc(Br)c(Cl)c1)C1CCCN(Cc2nc(-c3cccc(Br)c3)no2)C1. The van der Waals surface area contributed by atoms with Gasteiger partial charge in [-0.3, -0.25) is 9.69 Å². The number of nitrogens with zero attached hydrogens (tertiary/aromatic N) is 3. The van der Waals surface area contributed by atoms with Crippen molar-refractivity contribution in [2.75, 3.05) is 18.4 Å². The van der Waals surface area contributed by atoms with E-state index in [1.165, 1.54) is 0 Å². The number of halogens is 3. The van der Waals surface area contributed by atoms with Crippen LogP contribution in [0.1, 0.15) is 18.7 Å². The Labute approximate surface area is 196 Å². The van der Waals surface area contributed by atoms with Gasteiger partial charge in [0, 0.05) is 26.7 Å². The molecule has 156 valence electrons. The first-order valence-corrected chi connectivity index (χ1v) is 11.5. The van der Waals surface area contributed by atoms with Gasteiger partial charge in [-0.25, -0.2) is 0 Å². The summed E-state index contributed by atoms with van der Waals surface area (Å²) in [6, 6.07) is 13.2. The molecule has 0 saturated carbocycles. The van der Waals surface area contributed by atoms with Gasteiger partial charge in [0.25, 0.3) is 0 Å². The molecule has 0 radical (unpaired) electrons. The van der Waals surface area contributed by atoms with Gasteiger partial charge < -0.3 is 9.84 Å². The Morgan fingerprint density at radius 2 is 2.13 bits per heavy atom. The molecule has 0 spiro atoms. The Morgan fingerprint density at radius 3 is 2.93 bits per heavy atom. The highest BCUT2D eigenvalue weighted by Crippen LogP contribution is 2.27. The Morgan fingerprint density at radius 1 is 1.27 bits per heavy atom. The van der Waals surface area contributed by atoms with Crippen molar-refractivity contribution >= 4 is 55.1 Å². The molecule has 1 aromatic heterocycles. The van der Waals surface area contributed by atoms with E-state index in [9.17, 15) is 4.79 Å². The first kappa shape index (κ1) is 21.5. The fraction of sp³-hybridized carbons (Fsp3) is 0.286. The molecule has 1 atom stereocenters. The van der Waals surface area contributed by atoms with E-state index in [1.807, 2.05) is 36.4 Å². The van der Waals surface area contributed by atoms with Gasteiger partial charge >= 0.3 is 0 Å². The molecule has 2 heterocycles. The number of likely N-dealkylation sites (tertiary alicyclic amines) is 1. The van der Waals surface area contributed by atoms with Crippen LogP contribution < -0.4 is 5.32 Å². The molecule has 1 fully saturated rings. The van der Waals surface area contributed by atoms with Crippen molar-refractivity contribution in [3.05, 3.63) is 62.3 Å². The van der Waals surface area contributed by atoms with Crippen LogP contribution in [-0.4, -0.2) is 34.0 Å². The van der Waals surface area contributed by atoms with Gasteiger partial charge in [-0.2, -0.15) is 4.98 Å². The summed E-state index contributed by atoms with van der Waals surface area (Å²) < 4.78 is 7.20. The Kier molecular flexibility index (Phi) is 6.87. The van der Waals surface area contributed by atoms with Crippen molar-refractivity contribution in [3.63, 3.8) is 0 Å². The second-order valence-electron chi connectivity index (χ2n) is 7.21. The minimum atomic E-state index is -0.103. The fourth-order valence-corrected chi connectivity index (χ4v) is 4.31. The van der Waals surface area contributed by atoms with Crippen molar-refractivity contribution in [2.45, 2.75) is 19.4 Å².